The van der Waals surface area contributed by atoms with Gasteiger partial charge in [-0.1, -0.05) is 30.3 Å². The van der Waals surface area contributed by atoms with Gasteiger partial charge >= 0.3 is 11.2 Å². The summed E-state index contributed by atoms with van der Waals surface area (Å²) in [5.41, 5.74) is -1.04. The van der Waals surface area contributed by atoms with E-state index in [1.54, 1.807) is 49.4 Å². The number of aromatic hydroxyl groups is 1. The van der Waals surface area contributed by atoms with E-state index in [4.69, 9.17) is 9.47 Å². The normalized spacial score (nSPS) is 10.9. The fourth-order valence-corrected chi connectivity index (χ4v) is 2.68. The Kier molecular flexibility index (Phi) is 6.61. The molecule has 1 heterocycles. The predicted octanol–water partition coefficient (Wildman–Crippen LogP) is 3.67. The number of hydrogen-bond donors (Lipinski definition) is 2. The fourth-order valence-electron chi connectivity index (χ4n) is 2.68. The van der Waals surface area contributed by atoms with E-state index >= 15 is 0 Å². The maximum absolute atomic E-state index is 13.8. The minimum Gasteiger partial charge on any atom is -0.490 e. The molecule has 0 bridgehead atoms. The Balaban J connectivity index is 1.81. The van der Waals surface area contributed by atoms with Crippen LogP contribution in [-0.2, 0) is 6.61 Å². The molecule has 0 aliphatic carbocycles. The summed E-state index contributed by atoms with van der Waals surface area (Å²) in [6.45, 7) is 2.20. The van der Waals surface area contributed by atoms with E-state index in [-0.39, 0.29) is 18.2 Å². The van der Waals surface area contributed by atoms with Gasteiger partial charge in [-0.15, -0.1) is 0 Å². The Morgan fingerprint density at radius 1 is 1.19 bits per heavy atom. The lowest BCUT2D eigenvalue weighted by Gasteiger charge is -2.13. The van der Waals surface area contributed by atoms with Gasteiger partial charge in [0.25, 0.3) is 5.88 Å². The summed E-state index contributed by atoms with van der Waals surface area (Å²) in [6.07, 6.45) is 2.93. The van der Waals surface area contributed by atoms with Gasteiger partial charge in [0.15, 0.2) is 11.5 Å². The highest BCUT2D eigenvalue weighted by Crippen LogP contribution is 2.30. The molecule has 0 aliphatic heterocycles. The van der Waals surface area contributed by atoms with Gasteiger partial charge in [0.1, 0.15) is 18.2 Å². The van der Waals surface area contributed by atoms with Crippen LogP contribution in [-0.4, -0.2) is 26.6 Å². The van der Waals surface area contributed by atoms with Crippen LogP contribution in [0.3, 0.4) is 0 Å². The first-order chi connectivity index (χ1) is 14.9. The summed E-state index contributed by atoms with van der Waals surface area (Å²) < 4.78 is 25.1. The minimum atomic E-state index is -1.07. The van der Waals surface area contributed by atoms with E-state index < -0.39 is 22.0 Å². The zero-order valence-corrected chi connectivity index (χ0v) is 16.4. The number of benzene rings is 2. The molecule has 2 N–H and O–H groups in total. The summed E-state index contributed by atoms with van der Waals surface area (Å²) in [5.74, 6) is -0.560. The average molecular weight is 427 g/mol. The second-order valence-corrected chi connectivity index (χ2v) is 6.23. The number of nitrogens with one attached hydrogen (secondary N) is 1. The third-order valence-electron chi connectivity index (χ3n) is 4.12. The molecular weight excluding hydrogens is 409 g/mol. The van der Waals surface area contributed by atoms with E-state index in [1.807, 2.05) is 0 Å². The number of halogens is 1. The minimum absolute atomic E-state index is 0.0230. The molecule has 0 atom stereocenters. The average Bonchev–Trinajstić information content (AvgIpc) is 2.72. The van der Waals surface area contributed by atoms with Crippen molar-refractivity contribution in [3.05, 3.63) is 85.7 Å². The lowest BCUT2D eigenvalue weighted by atomic mass is 10.2. The van der Waals surface area contributed by atoms with Crippen LogP contribution in [0.2, 0.25) is 0 Å². The Morgan fingerprint density at radius 2 is 1.97 bits per heavy atom. The standard InChI is InChI=1S/C21H18FN3O6/c1-2-30-17-11-13(7-9-16(17)31-12-14-5-3-4-6-15(14)22)8-10-18-23-20(26)19(25(28)29)21(27)24-18/h3-11H,2,12H2,1H3,(H2,23,24,26,27)/b10-8-. The summed E-state index contributed by atoms with van der Waals surface area (Å²) in [6, 6.07) is 11.3. The van der Waals surface area contributed by atoms with Crippen molar-refractivity contribution in [3.8, 4) is 17.4 Å². The molecule has 9 nitrogen and oxygen atoms in total. The van der Waals surface area contributed by atoms with E-state index in [9.17, 15) is 24.4 Å². The molecule has 0 unspecified atom stereocenters. The van der Waals surface area contributed by atoms with Crippen LogP contribution in [0.25, 0.3) is 12.2 Å². The van der Waals surface area contributed by atoms with Gasteiger partial charge in [-0.25, -0.2) is 4.39 Å². The Hall–Kier alpha value is -4.21. The van der Waals surface area contributed by atoms with E-state index in [0.717, 1.165) is 0 Å². The molecule has 10 heteroatoms. The highest BCUT2D eigenvalue weighted by Gasteiger charge is 2.21. The molecule has 0 spiro atoms. The first-order valence-electron chi connectivity index (χ1n) is 9.18. The Bertz CT molecular complexity index is 1190. The van der Waals surface area contributed by atoms with Crippen molar-refractivity contribution < 1.29 is 23.9 Å². The van der Waals surface area contributed by atoms with Gasteiger partial charge in [-0.2, -0.15) is 4.98 Å². The molecule has 3 aromatic rings. The van der Waals surface area contributed by atoms with Crippen LogP contribution in [0.4, 0.5) is 10.1 Å². The van der Waals surface area contributed by atoms with Crippen LogP contribution in [0.1, 0.15) is 23.9 Å². The Morgan fingerprint density at radius 3 is 2.65 bits per heavy atom. The van der Waals surface area contributed by atoms with Gasteiger partial charge < -0.3 is 19.6 Å². The smallest absolute Gasteiger partial charge is 0.395 e. The molecule has 0 amide bonds. The van der Waals surface area contributed by atoms with Crippen molar-refractivity contribution in [1.82, 2.24) is 9.97 Å². The highest BCUT2D eigenvalue weighted by atomic mass is 19.1. The van der Waals surface area contributed by atoms with Gasteiger partial charge in [-0.05, 0) is 36.8 Å². The third-order valence-corrected chi connectivity index (χ3v) is 4.12. The summed E-state index contributed by atoms with van der Waals surface area (Å²) in [5, 5.41) is 20.3. The predicted molar refractivity (Wildman–Crippen MR) is 110 cm³/mol. The molecule has 31 heavy (non-hydrogen) atoms. The van der Waals surface area contributed by atoms with Crippen LogP contribution in [0.5, 0.6) is 17.4 Å². The molecule has 1 aromatic heterocycles. The molecule has 160 valence electrons. The maximum atomic E-state index is 13.8. The number of ether oxygens (including phenoxy) is 2. The third kappa shape index (κ3) is 5.24. The fraction of sp³-hybridized carbons (Fsp3) is 0.143. The van der Waals surface area contributed by atoms with Crippen LogP contribution in [0, 0.1) is 15.9 Å². The molecule has 0 aliphatic rings. The molecule has 0 fully saturated rings. The largest absolute Gasteiger partial charge is 0.490 e. The lowest BCUT2D eigenvalue weighted by Crippen LogP contribution is -2.14. The SMILES string of the molecule is CCOc1cc(/C=C\c2nc(O)c([N+](=O)[O-])c(=O)[nH]2)ccc1OCc1ccccc1F. The van der Waals surface area contributed by atoms with Crippen molar-refractivity contribution in [1.29, 1.82) is 0 Å². The molecular formula is C21H18FN3O6. The van der Waals surface area contributed by atoms with Crippen molar-refractivity contribution >= 4 is 17.8 Å². The second-order valence-electron chi connectivity index (χ2n) is 6.23. The first kappa shape index (κ1) is 21.5. The zero-order chi connectivity index (χ0) is 22.4. The Labute approximate surface area is 175 Å². The second kappa shape index (κ2) is 9.53. The van der Waals surface area contributed by atoms with Gasteiger partial charge in [0, 0.05) is 5.56 Å². The van der Waals surface area contributed by atoms with Gasteiger partial charge in [0.2, 0.25) is 0 Å². The van der Waals surface area contributed by atoms with Gasteiger partial charge in [0.05, 0.1) is 11.5 Å². The van der Waals surface area contributed by atoms with Gasteiger partial charge in [-0.3, -0.25) is 14.9 Å². The van der Waals surface area contributed by atoms with Crippen LogP contribution < -0.4 is 15.0 Å². The number of hydrogen-bond acceptors (Lipinski definition) is 7. The number of aromatic amines is 1. The number of nitrogens with zero attached hydrogens (tertiary/aromatic N) is 2. The van der Waals surface area contributed by atoms with Crippen LogP contribution >= 0.6 is 0 Å². The first-order valence-corrected chi connectivity index (χ1v) is 9.18. The molecule has 3 rings (SSSR count). The number of rotatable bonds is 8. The quantitative estimate of drug-likeness (QED) is 0.415. The molecule has 0 radical (unpaired) electrons. The number of nitro groups is 1. The van der Waals surface area contributed by atoms with Crippen molar-refractivity contribution in [2.24, 2.45) is 0 Å². The maximum Gasteiger partial charge on any atom is 0.395 e. The highest BCUT2D eigenvalue weighted by molar-refractivity contribution is 5.68. The van der Waals surface area contributed by atoms with E-state index in [2.05, 4.69) is 9.97 Å². The number of H-pyrrole nitrogens is 1. The van der Waals surface area contributed by atoms with Crippen molar-refractivity contribution in [2.75, 3.05) is 6.61 Å². The monoisotopic (exact) mass is 427 g/mol. The summed E-state index contributed by atoms with van der Waals surface area (Å²) >= 11 is 0. The molecule has 2 aromatic carbocycles. The topological polar surface area (TPSA) is 128 Å². The van der Waals surface area contributed by atoms with Crippen molar-refractivity contribution in [3.63, 3.8) is 0 Å². The molecule has 0 saturated carbocycles. The van der Waals surface area contributed by atoms with E-state index in [0.29, 0.717) is 29.2 Å². The van der Waals surface area contributed by atoms with E-state index in [1.165, 1.54) is 12.1 Å². The van der Waals surface area contributed by atoms with Crippen molar-refractivity contribution in [2.45, 2.75) is 13.5 Å². The van der Waals surface area contributed by atoms with Crippen LogP contribution in [0.15, 0.2) is 47.3 Å². The lowest BCUT2D eigenvalue weighted by molar-refractivity contribution is -0.387. The summed E-state index contributed by atoms with van der Waals surface area (Å²) in [7, 11) is 0. The molecule has 0 saturated heterocycles. The zero-order valence-electron chi connectivity index (χ0n) is 16.4. The number of aromatic nitrogens is 2. The summed E-state index contributed by atoms with van der Waals surface area (Å²) in [4.78, 5) is 27.3.